The first-order valence-electron chi connectivity index (χ1n) is 7.00. The van der Waals surface area contributed by atoms with Gasteiger partial charge in [0.15, 0.2) is 0 Å². The summed E-state index contributed by atoms with van der Waals surface area (Å²) in [7, 11) is 0. The van der Waals surface area contributed by atoms with Gasteiger partial charge in [-0.3, -0.25) is 9.59 Å². The Morgan fingerprint density at radius 3 is 2.37 bits per heavy atom. The van der Waals surface area contributed by atoms with Crippen LogP contribution in [-0.2, 0) is 4.79 Å². The van der Waals surface area contributed by atoms with E-state index in [-0.39, 0.29) is 0 Å². The van der Waals surface area contributed by atoms with E-state index in [1.165, 1.54) is 32.1 Å². The summed E-state index contributed by atoms with van der Waals surface area (Å²) in [5, 5.41) is 2.64. The zero-order valence-electron chi connectivity index (χ0n) is 10.9. The zero-order chi connectivity index (χ0) is 13.2. The van der Waals surface area contributed by atoms with E-state index in [2.05, 4.69) is 10.2 Å². The molecule has 0 radical (unpaired) electrons. The van der Waals surface area contributed by atoms with E-state index in [0.717, 1.165) is 18.8 Å². The average Bonchev–Trinajstić information content (AvgIpc) is 2.64. The first kappa shape index (κ1) is 12.2. The quantitative estimate of drug-likeness (QED) is 0.788. The Hall–Kier alpha value is -1.84. The number of hydrogen-bond acceptors (Lipinski definition) is 3. The number of hydrogen-bond donors (Lipinski definition) is 1. The van der Waals surface area contributed by atoms with Crippen LogP contribution in [0.5, 0.6) is 0 Å². The second-order valence-corrected chi connectivity index (χ2v) is 5.27. The van der Waals surface area contributed by atoms with Crippen molar-refractivity contribution >= 4 is 23.1 Å². The first-order valence-corrected chi connectivity index (χ1v) is 7.00. The molecule has 19 heavy (non-hydrogen) atoms. The molecule has 2 heterocycles. The van der Waals surface area contributed by atoms with Gasteiger partial charge in [-0.15, -0.1) is 0 Å². The number of fused-ring (bicyclic) bond motifs is 1. The highest BCUT2D eigenvalue weighted by molar-refractivity contribution is 6.51. The number of nitrogens with zero attached hydrogens (tertiary/aromatic N) is 1. The molecule has 1 aromatic rings. The minimum atomic E-state index is -0.514. The lowest BCUT2D eigenvalue weighted by Crippen LogP contribution is -2.26. The monoisotopic (exact) mass is 258 g/mol. The van der Waals surface area contributed by atoms with Crippen molar-refractivity contribution in [2.45, 2.75) is 32.1 Å². The normalized spacial score (nSPS) is 19.7. The summed E-state index contributed by atoms with van der Waals surface area (Å²) in [6.45, 7) is 2.11. The fourth-order valence-corrected chi connectivity index (χ4v) is 2.84. The lowest BCUT2D eigenvalue weighted by atomic mass is 10.1. The van der Waals surface area contributed by atoms with Gasteiger partial charge in [-0.25, -0.2) is 0 Å². The van der Waals surface area contributed by atoms with E-state index >= 15 is 0 Å². The van der Waals surface area contributed by atoms with E-state index in [1.807, 2.05) is 12.1 Å². The minimum absolute atomic E-state index is 0.422. The molecule has 4 heteroatoms. The highest BCUT2D eigenvalue weighted by Crippen LogP contribution is 2.29. The first-order chi connectivity index (χ1) is 9.25. The molecule has 0 spiro atoms. The Labute approximate surface area is 112 Å². The van der Waals surface area contributed by atoms with E-state index in [1.54, 1.807) is 6.07 Å². The number of nitrogens with one attached hydrogen (secondary N) is 1. The van der Waals surface area contributed by atoms with E-state index in [0.29, 0.717) is 11.3 Å². The smallest absolute Gasteiger partial charge is 0.296 e. The van der Waals surface area contributed by atoms with Crippen molar-refractivity contribution in [3.63, 3.8) is 0 Å². The summed E-state index contributed by atoms with van der Waals surface area (Å²) in [4.78, 5) is 25.3. The predicted molar refractivity (Wildman–Crippen MR) is 74.7 cm³/mol. The molecule has 3 rings (SSSR count). The molecule has 1 fully saturated rings. The van der Waals surface area contributed by atoms with E-state index in [9.17, 15) is 9.59 Å². The van der Waals surface area contributed by atoms with Gasteiger partial charge in [-0.2, -0.15) is 0 Å². The van der Waals surface area contributed by atoms with Gasteiger partial charge in [0.1, 0.15) is 0 Å². The van der Waals surface area contributed by atoms with Crippen LogP contribution in [0.3, 0.4) is 0 Å². The van der Waals surface area contributed by atoms with Crippen molar-refractivity contribution in [3.05, 3.63) is 23.8 Å². The van der Waals surface area contributed by atoms with Gasteiger partial charge in [0, 0.05) is 18.8 Å². The Kier molecular flexibility index (Phi) is 3.23. The summed E-state index contributed by atoms with van der Waals surface area (Å²) >= 11 is 0. The maximum absolute atomic E-state index is 11.6. The molecule has 0 aromatic heterocycles. The van der Waals surface area contributed by atoms with Crippen molar-refractivity contribution in [2.24, 2.45) is 0 Å². The van der Waals surface area contributed by atoms with E-state index in [4.69, 9.17) is 0 Å². The molecular weight excluding hydrogens is 240 g/mol. The summed E-state index contributed by atoms with van der Waals surface area (Å²) < 4.78 is 0. The number of Topliss-reactive ketones (excluding diaryl/α,β-unsaturated/α-hetero) is 1. The van der Waals surface area contributed by atoms with Crippen LogP contribution in [0, 0.1) is 0 Å². The maximum Gasteiger partial charge on any atom is 0.296 e. The highest BCUT2D eigenvalue weighted by atomic mass is 16.2. The summed E-state index contributed by atoms with van der Waals surface area (Å²) in [6, 6.07) is 5.65. The molecule has 1 saturated heterocycles. The van der Waals surface area contributed by atoms with Gasteiger partial charge in [-0.05, 0) is 31.0 Å². The van der Waals surface area contributed by atoms with Crippen LogP contribution in [0.1, 0.15) is 42.5 Å². The number of amides is 1. The minimum Gasteiger partial charge on any atom is -0.371 e. The summed E-state index contributed by atoms with van der Waals surface area (Å²) in [5.41, 5.74) is 2.27. The Bertz CT molecular complexity index is 517. The number of carbonyl (C=O) groups is 2. The second kappa shape index (κ2) is 5.03. The predicted octanol–water partition coefficient (Wildman–Crippen LogP) is 2.59. The number of rotatable bonds is 1. The van der Waals surface area contributed by atoms with Gasteiger partial charge < -0.3 is 10.2 Å². The van der Waals surface area contributed by atoms with Gasteiger partial charge in [-0.1, -0.05) is 19.3 Å². The van der Waals surface area contributed by atoms with Crippen LogP contribution in [0.2, 0.25) is 0 Å². The maximum atomic E-state index is 11.6. The number of benzene rings is 1. The van der Waals surface area contributed by atoms with Crippen molar-refractivity contribution in [1.29, 1.82) is 0 Å². The van der Waals surface area contributed by atoms with Crippen LogP contribution in [-0.4, -0.2) is 24.8 Å². The molecule has 0 aliphatic carbocycles. The molecule has 0 saturated carbocycles. The third-order valence-electron chi connectivity index (χ3n) is 3.92. The van der Waals surface area contributed by atoms with Crippen molar-refractivity contribution in [1.82, 2.24) is 0 Å². The molecule has 1 N–H and O–H groups in total. The number of carbonyl (C=O) groups excluding carboxylic acids is 2. The fourth-order valence-electron chi connectivity index (χ4n) is 2.84. The molecule has 0 unspecified atom stereocenters. The lowest BCUT2D eigenvalue weighted by molar-refractivity contribution is -0.112. The lowest BCUT2D eigenvalue weighted by Gasteiger charge is -2.27. The highest BCUT2D eigenvalue weighted by Gasteiger charge is 2.28. The number of ketones is 1. The number of anilines is 2. The van der Waals surface area contributed by atoms with Crippen LogP contribution >= 0.6 is 0 Å². The topological polar surface area (TPSA) is 49.4 Å². The molecule has 1 amide bonds. The van der Waals surface area contributed by atoms with Gasteiger partial charge in [0.05, 0.1) is 11.3 Å². The van der Waals surface area contributed by atoms with Crippen LogP contribution in [0.15, 0.2) is 18.2 Å². The molecule has 100 valence electrons. The van der Waals surface area contributed by atoms with E-state index < -0.39 is 11.7 Å². The van der Waals surface area contributed by atoms with Crippen molar-refractivity contribution < 1.29 is 9.59 Å². The largest absolute Gasteiger partial charge is 0.371 e. The molecular formula is C15H18N2O2. The third-order valence-corrected chi connectivity index (χ3v) is 3.92. The molecule has 2 aliphatic heterocycles. The molecule has 0 bridgehead atoms. The van der Waals surface area contributed by atoms with Crippen molar-refractivity contribution in [3.8, 4) is 0 Å². The average molecular weight is 258 g/mol. The second-order valence-electron chi connectivity index (χ2n) is 5.27. The molecule has 1 aromatic carbocycles. The van der Waals surface area contributed by atoms with Crippen molar-refractivity contribution in [2.75, 3.05) is 23.3 Å². The fraction of sp³-hybridized carbons (Fsp3) is 0.467. The third kappa shape index (κ3) is 2.35. The Morgan fingerprint density at radius 2 is 1.63 bits per heavy atom. The Balaban J connectivity index is 1.84. The van der Waals surface area contributed by atoms with Crippen LogP contribution in [0.4, 0.5) is 11.4 Å². The molecule has 4 nitrogen and oxygen atoms in total. The SMILES string of the molecule is O=C1Nc2cc(N3CCCCCCC3)ccc2C1=O. The standard InChI is InChI=1S/C15H18N2O2/c18-14-12-7-6-11(10-13(12)16-15(14)19)17-8-4-2-1-3-5-9-17/h6-7,10H,1-5,8-9H2,(H,16,18,19). The van der Waals surface area contributed by atoms with Crippen LogP contribution < -0.4 is 10.2 Å². The molecule has 2 aliphatic rings. The summed E-state index contributed by atoms with van der Waals surface area (Å²) in [6.07, 6.45) is 6.33. The van der Waals surface area contributed by atoms with Gasteiger partial charge in [0.25, 0.3) is 11.7 Å². The zero-order valence-corrected chi connectivity index (χ0v) is 10.9. The van der Waals surface area contributed by atoms with Gasteiger partial charge >= 0.3 is 0 Å². The van der Waals surface area contributed by atoms with Gasteiger partial charge in [0.2, 0.25) is 0 Å². The molecule has 0 atom stereocenters. The summed E-state index contributed by atoms with van der Waals surface area (Å²) in [5.74, 6) is -0.936. The van der Waals surface area contributed by atoms with Crippen LogP contribution in [0.25, 0.3) is 0 Å². The Morgan fingerprint density at radius 1 is 0.947 bits per heavy atom.